The normalized spacial score (nSPS) is 12.6. The van der Waals surface area contributed by atoms with Crippen LogP contribution in [-0.2, 0) is 16.2 Å². The number of thiazole rings is 1. The van der Waals surface area contributed by atoms with Crippen LogP contribution in [0.3, 0.4) is 0 Å². The maximum Gasteiger partial charge on any atom is 0.417 e. The Hall–Kier alpha value is -1.45. The molecule has 0 aliphatic carbocycles. The number of rotatable bonds is 2. The standard InChI is InChI=1S/C10H7F3N2O2S2/c11-10(12,13)6-2-1-3-7(19(14,16)17)8(6)9-15-4-5-18-9/h1-5H,(H2,14,16,17). The maximum absolute atomic E-state index is 12.9. The Morgan fingerprint density at radius 2 is 1.95 bits per heavy atom. The fourth-order valence-corrected chi connectivity index (χ4v) is 3.11. The van der Waals surface area contributed by atoms with Crippen molar-refractivity contribution >= 4 is 21.4 Å². The van der Waals surface area contributed by atoms with E-state index in [1.807, 2.05) is 0 Å². The molecule has 2 rings (SSSR count). The van der Waals surface area contributed by atoms with Gasteiger partial charge in [0.2, 0.25) is 10.0 Å². The molecule has 0 aliphatic heterocycles. The van der Waals surface area contributed by atoms with E-state index < -0.39 is 32.2 Å². The van der Waals surface area contributed by atoms with E-state index in [1.165, 1.54) is 11.6 Å². The van der Waals surface area contributed by atoms with Gasteiger partial charge in [0.15, 0.2) is 0 Å². The van der Waals surface area contributed by atoms with Crippen LogP contribution in [0.25, 0.3) is 10.6 Å². The van der Waals surface area contributed by atoms with Crippen molar-refractivity contribution in [3.63, 3.8) is 0 Å². The Kier molecular flexibility index (Phi) is 3.37. The van der Waals surface area contributed by atoms with Gasteiger partial charge in [-0.15, -0.1) is 11.3 Å². The first kappa shape index (κ1) is 14.0. The molecule has 2 N–H and O–H groups in total. The smallest absolute Gasteiger partial charge is 0.244 e. The second-order valence-electron chi connectivity index (χ2n) is 3.56. The van der Waals surface area contributed by atoms with Gasteiger partial charge in [0.25, 0.3) is 0 Å². The number of aromatic nitrogens is 1. The summed E-state index contributed by atoms with van der Waals surface area (Å²) in [6.07, 6.45) is -3.40. The number of halogens is 3. The van der Waals surface area contributed by atoms with Crippen molar-refractivity contribution in [2.45, 2.75) is 11.1 Å². The van der Waals surface area contributed by atoms with Crippen molar-refractivity contribution in [3.05, 3.63) is 35.3 Å². The van der Waals surface area contributed by atoms with Crippen molar-refractivity contribution in [2.24, 2.45) is 5.14 Å². The van der Waals surface area contributed by atoms with Crippen molar-refractivity contribution in [3.8, 4) is 10.6 Å². The predicted octanol–water partition coefficient (Wildman–Crippen LogP) is 2.48. The van der Waals surface area contributed by atoms with Crippen LogP contribution >= 0.6 is 11.3 Å². The van der Waals surface area contributed by atoms with Gasteiger partial charge in [0, 0.05) is 17.1 Å². The second kappa shape index (κ2) is 4.58. The Labute approximate surface area is 110 Å². The van der Waals surface area contributed by atoms with Gasteiger partial charge < -0.3 is 0 Å². The number of benzene rings is 1. The zero-order valence-corrected chi connectivity index (χ0v) is 10.8. The molecule has 0 amide bonds. The third-order valence-electron chi connectivity index (χ3n) is 2.28. The molecule has 0 unspecified atom stereocenters. The summed E-state index contributed by atoms with van der Waals surface area (Å²) in [6.45, 7) is 0. The molecule has 0 bridgehead atoms. The van der Waals surface area contributed by atoms with E-state index in [0.29, 0.717) is 0 Å². The quantitative estimate of drug-likeness (QED) is 0.926. The summed E-state index contributed by atoms with van der Waals surface area (Å²) in [4.78, 5) is 3.15. The number of alkyl halides is 3. The van der Waals surface area contributed by atoms with E-state index in [9.17, 15) is 21.6 Å². The monoisotopic (exact) mass is 308 g/mol. The molecule has 2 aromatic rings. The van der Waals surface area contributed by atoms with Crippen molar-refractivity contribution in [1.29, 1.82) is 0 Å². The first-order valence-electron chi connectivity index (χ1n) is 4.84. The maximum atomic E-state index is 12.9. The average molecular weight is 308 g/mol. The van der Waals surface area contributed by atoms with Gasteiger partial charge in [-0.2, -0.15) is 13.2 Å². The molecule has 102 valence electrons. The molecule has 0 spiro atoms. The molecule has 1 aromatic carbocycles. The lowest BCUT2D eigenvalue weighted by atomic mass is 10.1. The molecular weight excluding hydrogens is 301 g/mol. The summed E-state index contributed by atoms with van der Waals surface area (Å²) < 4.78 is 61.7. The summed E-state index contributed by atoms with van der Waals surface area (Å²) >= 11 is 0.905. The molecule has 0 aliphatic rings. The number of hydrogen-bond acceptors (Lipinski definition) is 4. The molecule has 1 aromatic heterocycles. The SMILES string of the molecule is NS(=O)(=O)c1cccc(C(F)(F)F)c1-c1nccs1. The van der Waals surface area contributed by atoms with Gasteiger partial charge in [-0.05, 0) is 12.1 Å². The number of nitrogens with two attached hydrogens (primary N) is 1. The Morgan fingerprint density at radius 1 is 1.26 bits per heavy atom. The largest absolute Gasteiger partial charge is 0.417 e. The van der Waals surface area contributed by atoms with Gasteiger partial charge in [-0.25, -0.2) is 18.5 Å². The highest BCUT2D eigenvalue weighted by atomic mass is 32.2. The number of sulfonamides is 1. The van der Waals surface area contributed by atoms with Crippen molar-refractivity contribution in [1.82, 2.24) is 4.98 Å². The summed E-state index contributed by atoms with van der Waals surface area (Å²) in [6, 6.07) is 2.83. The van der Waals surface area contributed by atoms with Crippen LogP contribution in [0.1, 0.15) is 5.56 Å². The van der Waals surface area contributed by atoms with E-state index in [4.69, 9.17) is 5.14 Å². The Morgan fingerprint density at radius 3 is 2.42 bits per heavy atom. The minimum Gasteiger partial charge on any atom is -0.244 e. The zero-order valence-electron chi connectivity index (χ0n) is 9.18. The molecule has 19 heavy (non-hydrogen) atoms. The van der Waals surface area contributed by atoms with Gasteiger partial charge in [0.05, 0.1) is 10.5 Å². The lowest BCUT2D eigenvalue weighted by Crippen LogP contribution is -2.16. The van der Waals surface area contributed by atoms with Crippen LogP contribution in [-0.4, -0.2) is 13.4 Å². The van der Waals surface area contributed by atoms with E-state index in [1.54, 1.807) is 0 Å². The lowest BCUT2D eigenvalue weighted by Gasteiger charge is -2.14. The minimum absolute atomic E-state index is 0.0445. The van der Waals surface area contributed by atoms with Gasteiger partial charge in [-0.1, -0.05) is 6.07 Å². The topological polar surface area (TPSA) is 73.1 Å². The molecule has 0 radical (unpaired) electrons. The molecule has 9 heteroatoms. The lowest BCUT2D eigenvalue weighted by molar-refractivity contribution is -0.137. The van der Waals surface area contributed by atoms with Crippen LogP contribution in [0.2, 0.25) is 0 Å². The molecule has 0 saturated carbocycles. The predicted molar refractivity (Wildman–Crippen MR) is 63.9 cm³/mol. The molecule has 1 heterocycles. The highest BCUT2D eigenvalue weighted by molar-refractivity contribution is 7.89. The minimum atomic E-state index is -4.69. The van der Waals surface area contributed by atoms with E-state index in [2.05, 4.69) is 4.98 Å². The number of nitrogens with zero attached hydrogens (tertiary/aromatic N) is 1. The summed E-state index contributed by atoms with van der Waals surface area (Å²) in [5, 5.41) is 6.37. The fourth-order valence-electron chi connectivity index (χ4n) is 1.57. The second-order valence-corrected chi connectivity index (χ2v) is 5.98. The van der Waals surface area contributed by atoms with Gasteiger partial charge in [0.1, 0.15) is 5.01 Å². The molecular formula is C10H7F3N2O2S2. The van der Waals surface area contributed by atoms with Gasteiger partial charge in [-0.3, -0.25) is 0 Å². The molecule has 0 atom stereocenters. The Balaban J connectivity index is 2.86. The van der Waals surface area contributed by atoms with E-state index in [-0.39, 0.29) is 5.01 Å². The van der Waals surface area contributed by atoms with Crippen LogP contribution in [0.15, 0.2) is 34.7 Å². The van der Waals surface area contributed by atoms with E-state index >= 15 is 0 Å². The molecule has 0 fully saturated rings. The summed E-state index contributed by atoms with van der Waals surface area (Å²) in [7, 11) is -4.28. The fraction of sp³-hybridized carbons (Fsp3) is 0.100. The highest BCUT2D eigenvalue weighted by Crippen LogP contribution is 2.40. The summed E-state index contributed by atoms with van der Waals surface area (Å²) in [5.41, 5.74) is -1.58. The van der Waals surface area contributed by atoms with Crippen LogP contribution in [0.4, 0.5) is 13.2 Å². The van der Waals surface area contributed by atoms with Crippen molar-refractivity contribution in [2.75, 3.05) is 0 Å². The highest BCUT2D eigenvalue weighted by Gasteiger charge is 2.36. The Bertz CT molecular complexity index is 694. The number of primary sulfonamides is 1. The average Bonchev–Trinajstić information content (AvgIpc) is 2.78. The molecule has 4 nitrogen and oxygen atoms in total. The van der Waals surface area contributed by atoms with Crippen LogP contribution in [0.5, 0.6) is 0 Å². The van der Waals surface area contributed by atoms with Gasteiger partial charge >= 0.3 is 6.18 Å². The molecule has 0 saturated heterocycles. The summed E-state index contributed by atoms with van der Waals surface area (Å²) in [5.74, 6) is 0. The third-order valence-corrected chi connectivity index (χ3v) is 4.03. The van der Waals surface area contributed by atoms with E-state index in [0.717, 1.165) is 29.5 Å². The first-order valence-corrected chi connectivity index (χ1v) is 7.27. The van der Waals surface area contributed by atoms with Crippen molar-refractivity contribution < 1.29 is 21.6 Å². The third kappa shape index (κ3) is 2.77. The zero-order chi connectivity index (χ0) is 14.3. The first-order chi connectivity index (χ1) is 8.71. The number of hydrogen-bond donors (Lipinski definition) is 1. The van der Waals surface area contributed by atoms with Crippen LogP contribution in [0, 0.1) is 0 Å². The van der Waals surface area contributed by atoms with Crippen LogP contribution < -0.4 is 5.14 Å².